The van der Waals surface area contributed by atoms with Gasteiger partial charge in [0.2, 0.25) is 0 Å². The van der Waals surface area contributed by atoms with Gasteiger partial charge in [-0.3, -0.25) is 4.79 Å². The molecule has 1 atom stereocenters. The summed E-state index contributed by atoms with van der Waals surface area (Å²) >= 11 is 0. The van der Waals surface area contributed by atoms with Crippen molar-refractivity contribution in [3.8, 4) is 28.4 Å². The summed E-state index contributed by atoms with van der Waals surface area (Å²) < 4.78 is 12.3. The van der Waals surface area contributed by atoms with Crippen LogP contribution in [0.3, 0.4) is 0 Å². The molecule has 0 spiro atoms. The van der Waals surface area contributed by atoms with E-state index in [1.807, 2.05) is 42.5 Å². The van der Waals surface area contributed by atoms with Crippen molar-refractivity contribution in [1.29, 1.82) is 0 Å². The summed E-state index contributed by atoms with van der Waals surface area (Å²) in [6.07, 6.45) is 1.14. The van der Waals surface area contributed by atoms with Gasteiger partial charge in [0, 0.05) is 42.5 Å². The average molecular weight is 434 g/mol. The first-order valence-electron chi connectivity index (χ1n) is 10.7. The van der Waals surface area contributed by atoms with E-state index in [9.17, 15) is 9.90 Å². The number of hydrogen-bond acceptors (Lipinski definition) is 7. The van der Waals surface area contributed by atoms with Crippen LogP contribution in [0, 0.1) is 0 Å². The van der Waals surface area contributed by atoms with E-state index in [1.54, 1.807) is 14.2 Å². The largest absolute Gasteiger partial charge is 0.497 e. The smallest absolute Gasteiger partial charge is 0.295 e. The van der Waals surface area contributed by atoms with E-state index in [4.69, 9.17) is 14.6 Å². The molecule has 1 aromatic heterocycles. The third kappa shape index (κ3) is 3.56. The van der Waals surface area contributed by atoms with Crippen LogP contribution in [0.15, 0.2) is 47.3 Å². The van der Waals surface area contributed by atoms with Crippen molar-refractivity contribution in [2.24, 2.45) is 0 Å². The fourth-order valence-corrected chi connectivity index (χ4v) is 4.45. The number of aliphatic hydroxyl groups excluding tert-OH is 1. The number of hydrogen-bond donors (Lipinski definition) is 2. The molecule has 5 rings (SSSR count). The maximum absolute atomic E-state index is 13.3. The highest BCUT2D eigenvalue weighted by atomic mass is 16.5. The number of benzene rings is 2. The minimum absolute atomic E-state index is 0.172. The molecule has 0 amide bonds. The van der Waals surface area contributed by atoms with Crippen molar-refractivity contribution in [3.05, 3.63) is 58.4 Å². The Morgan fingerprint density at radius 3 is 2.53 bits per heavy atom. The monoisotopic (exact) mass is 434 g/mol. The maximum atomic E-state index is 13.3. The van der Waals surface area contributed by atoms with E-state index < -0.39 is 0 Å². The molecule has 2 aliphatic heterocycles. The fourth-order valence-electron chi connectivity index (χ4n) is 4.45. The summed E-state index contributed by atoms with van der Waals surface area (Å²) in [5, 5.41) is 18.0. The van der Waals surface area contributed by atoms with Crippen LogP contribution in [0.25, 0.3) is 16.9 Å². The van der Waals surface area contributed by atoms with Gasteiger partial charge in [-0.25, -0.2) is 0 Å². The Labute approximate surface area is 186 Å². The molecule has 166 valence electrons. The number of ether oxygens (including phenoxy) is 2. The highest BCUT2D eigenvalue weighted by Gasteiger charge is 2.25. The minimum atomic E-state index is -0.321. The van der Waals surface area contributed by atoms with Crippen molar-refractivity contribution in [3.63, 3.8) is 0 Å². The molecule has 0 saturated carbocycles. The number of anilines is 2. The van der Waals surface area contributed by atoms with Crippen LogP contribution in [-0.2, 0) is 6.42 Å². The molecule has 0 bridgehead atoms. The van der Waals surface area contributed by atoms with Crippen LogP contribution < -0.4 is 25.2 Å². The molecule has 0 radical (unpaired) electrons. The summed E-state index contributed by atoms with van der Waals surface area (Å²) in [5.41, 5.74) is 4.51. The number of aromatic nitrogens is 2. The lowest BCUT2D eigenvalue weighted by Gasteiger charge is -2.19. The van der Waals surface area contributed by atoms with E-state index in [0.717, 1.165) is 41.9 Å². The summed E-state index contributed by atoms with van der Waals surface area (Å²) in [4.78, 5) is 15.4. The Bertz CT molecular complexity index is 1200. The van der Waals surface area contributed by atoms with Gasteiger partial charge in [-0.1, -0.05) is 6.07 Å². The van der Waals surface area contributed by atoms with Crippen molar-refractivity contribution >= 4 is 11.4 Å². The lowest BCUT2D eigenvalue weighted by atomic mass is 10.0. The van der Waals surface area contributed by atoms with Gasteiger partial charge in [-0.2, -0.15) is 9.78 Å². The van der Waals surface area contributed by atoms with Crippen LogP contribution in [0.5, 0.6) is 11.5 Å². The Morgan fingerprint density at radius 1 is 1.09 bits per heavy atom. The molecule has 2 aliphatic rings. The molecule has 0 aliphatic carbocycles. The number of nitrogens with one attached hydrogen (secondary N) is 1. The Kier molecular flexibility index (Phi) is 5.22. The quantitative estimate of drug-likeness (QED) is 0.638. The van der Waals surface area contributed by atoms with Crippen LogP contribution in [0.1, 0.15) is 12.0 Å². The predicted molar refractivity (Wildman–Crippen MR) is 123 cm³/mol. The van der Waals surface area contributed by atoms with E-state index in [0.29, 0.717) is 36.0 Å². The maximum Gasteiger partial charge on any atom is 0.295 e. The summed E-state index contributed by atoms with van der Waals surface area (Å²) in [7, 11) is 3.22. The molecule has 32 heavy (non-hydrogen) atoms. The van der Waals surface area contributed by atoms with Gasteiger partial charge >= 0.3 is 0 Å². The predicted octanol–water partition coefficient (Wildman–Crippen LogP) is 2.46. The standard InChI is InChI=1S/C24H26N4O4/c1-31-19-10-15(11-20(13-19)32-2)22-21-6-8-25-23(21)24(30)28(26-22)17-5-3-4-16(12-17)27-9-7-18(29)14-27/h3-5,10-13,18,25,29H,6-9,14H2,1-2H3. The van der Waals surface area contributed by atoms with Gasteiger partial charge in [0.1, 0.15) is 17.2 Å². The first-order chi connectivity index (χ1) is 15.6. The second-order valence-electron chi connectivity index (χ2n) is 8.11. The highest BCUT2D eigenvalue weighted by Crippen LogP contribution is 2.34. The van der Waals surface area contributed by atoms with Crippen molar-refractivity contribution in [2.75, 3.05) is 44.1 Å². The molecular weight excluding hydrogens is 408 g/mol. The zero-order chi connectivity index (χ0) is 22.2. The second-order valence-corrected chi connectivity index (χ2v) is 8.11. The number of rotatable bonds is 5. The Balaban J connectivity index is 1.65. The summed E-state index contributed by atoms with van der Waals surface area (Å²) in [5.74, 6) is 1.32. The van der Waals surface area contributed by atoms with Gasteiger partial charge in [0.25, 0.3) is 5.56 Å². The lowest BCUT2D eigenvalue weighted by Crippen LogP contribution is -2.25. The second kappa shape index (κ2) is 8.20. The average Bonchev–Trinajstić information content (AvgIpc) is 3.49. The van der Waals surface area contributed by atoms with Gasteiger partial charge < -0.3 is 24.8 Å². The minimum Gasteiger partial charge on any atom is -0.497 e. The normalized spacial score (nSPS) is 17.2. The van der Waals surface area contributed by atoms with E-state index in [1.165, 1.54) is 4.68 Å². The number of aliphatic hydroxyl groups is 1. The van der Waals surface area contributed by atoms with E-state index in [2.05, 4.69) is 10.2 Å². The number of β-amino-alcohol motifs (C(OH)–C–C–N with tert-alkyl or cyclic N) is 1. The molecule has 1 unspecified atom stereocenters. The molecule has 1 saturated heterocycles. The molecule has 3 aromatic rings. The van der Waals surface area contributed by atoms with Gasteiger partial charge in [-0.05, 0) is 43.2 Å². The van der Waals surface area contributed by atoms with Gasteiger partial charge in [0.05, 0.1) is 31.7 Å². The number of methoxy groups -OCH3 is 2. The first-order valence-corrected chi connectivity index (χ1v) is 10.7. The SMILES string of the molecule is COc1cc(OC)cc(-c2nn(-c3cccc(N4CCC(O)C4)c3)c(=O)c3c2CCN3)c1. The third-order valence-corrected chi connectivity index (χ3v) is 6.10. The molecule has 1 fully saturated rings. The van der Waals surface area contributed by atoms with Crippen molar-refractivity contribution in [1.82, 2.24) is 9.78 Å². The molecule has 2 N–H and O–H groups in total. The lowest BCUT2D eigenvalue weighted by molar-refractivity contribution is 0.198. The Morgan fingerprint density at radius 2 is 1.84 bits per heavy atom. The van der Waals surface area contributed by atoms with Crippen LogP contribution in [-0.4, -0.2) is 54.8 Å². The third-order valence-electron chi connectivity index (χ3n) is 6.10. The number of nitrogens with zero attached hydrogens (tertiary/aromatic N) is 3. The summed E-state index contributed by atoms with van der Waals surface area (Å²) in [6.45, 7) is 2.07. The van der Waals surface area contributed by atoms with Crippen molar-refractivity contribution in [2.45, 2.75) is 18.9 Å². The van der Waals surface area contributed by atoms with Gasteiger partial charge in [0.15, 0.2) is 0 Å². The van der Waals surface area contributed by atoms with Crippen LogP contribution in [0.2, 0.25) is 0 Å². The molecule has 2 aromatic carbocycles. The molecule has 8 nitrogen and oxygen atoms in total. The topological polar surface area (TPSA) is 88.8 Å². The van der Waals surface area contributed by atoms with Crippen LogP contribution in [0.4, 0.5) is 11.4 Å². The molecular formula is C24H26N4O4. The Hall–Kier alpha value is -3.52. The zero-order valence-corrected chi connectivity index (χ0v) is 18.2. The zero-order valence-electron chi connectivity index (χ0n) is 18.2. The fraction of sp³-hybridized carbons (Fsp3) is 0.333. The first kappa shape index (κ1) is 20.4. The van der Waals surface area contributed by atoms with Crippen molar-refractivity contribution < 1.29 is 14.6 Å². The van der Waals surface area contributed by atoms with Crippen LogP contribution >= 0.6 is 0 Å². The highest BCUT2D eigenvalue weighted by molar-refractivity contribution is 5.74. The molecule has 8 heteroatoms. The van der Waals surface area contributed by atoms with E-state index >= 15 is 0 Å². The van der Waals surface area contributed by atoms with Gasteiger partial charge in [-0.15, -0.1) is 0 Å². The summed E-state index contributed by atoms with van der Waals surface area (Å²) in [6, 6.07) is 13.3. The van der Waals surface area contributed by atoms with E-state index in [-0.39, 0.29) is 11.7 Å². The number of fused-ring (bicyclic) bond motifs is 1. The molecule has 3 heterocycles.